The summed E-state index contributed by atoms with van der Waals surface area (Å²) in [5.74, 6) is 1.70. The largest absolute Gasteiger partial charge is 0.328 e. The van der Waals surface area contributed by atoms with Gasteiger partial charge in [0, 0.05) is 22.4 Å². The Balaban J connectivity index is 1.95. The van der Waals surface area contributed by atoms with Crippen molar-refractivity contribution in [1.82, 2.24) is 9.55 Å². The van der Waals surface area contributed by atoms with Crippen LogP contribution >= 0.6 is 45.5 Å². The smallest absolute Gasteiger partial charge is 0.111 e. The highest BCUT2D eigenvalue weighted by Gasteiger charge is 2.10. The standard InChI is InChI=1S/C15H14ClIN2S/c16-6-3-15-18-13-9-12(17)1-2-14(13)19(15)7-4-11-5-8-20-10-11/h1-2,5,8-10H,3-4,6-7H2. The highest BCUT2D eigenvalue weighted by Crippen LogP contribution is 2.20. The predicted octanol–water partition coefficient (Wildman–Crippen LogP) is 4.73. The Morgan fingerprint density at radius 2 is 2.15 bits per heavy atom. The fraction of sp³-hybridized carbons (Fsp3) is 0.267. The van der Waals surface area contributed by atoms with E-state index in [1.54, 1.807) is 11.3 Å². The molecule has 2 nitrogen and oxygen atoms in total. The van der Waals surface area contributed by atoms with Crippen molar-refractivity contribution < 1.29 is 0 Å². The molecule has 20 heavy (non-hydrogen) atoms. The van der Waals surface area contributed by atoms with Crippen LogP contribution in [0.2, 0.25) is 0 Å². The monoisotopic (exact) mass is 416 g/mol. The van der Waals surface area contributed by atoms with Crippen LogP contribution in [0.4, 0.5) is 0 Å². The molecule has 0 N–H and O–H groups in total. The van der Waals surface area contributed by atoms with E-state index < -0.39 is 0 Å². The van der Waals surface area contributed by atoms with Crippen molar-refractivity contribution in [3.05, 3.63) is 50.0 Å². The van der Waals surface area contributed by atoms with Gasteiger partial charge in [0.15, 0.2) is 0 Å². The molecule has 0 spiro atoms. The molecular formula is C15H14ClIN2S. The molecule has 0 aliphatic rings. The summed E-state index contributed by atoms with van der Waals surface area (Å²) >= 11 is 9.99. The summed E-state index contributed by atoms with van der Waals surface area (Å²) < 4.78 is 3.53. The van der Waals surface area contributed by atoms with E-state index in [9.17, 15) is 0 Å². The zero-order chi connectivity index (χ0) is 13.9. The second-order valence-electron chi connectivity index (χ2n) is 4.63. The van der Waals surface area contributed by atoms with Gasteiger partial charge < -0.3 is 4.57 Å². The van der Waals surface area contributed by atoms with Gasteiger partial charge in [-0.2, -0.15) is 11.3 Å². The van der Waals surface area contributed by atoms with Crippen LogP contribution in [0.1, 0.15) is 11.4 Å². The van der Waals surface area contributed by atoms with Crippen LogP contribution in [-0.2, 0) is 19.4 Å². The maximum absolute atomic E-state index is 5.91. The van der Waals surface area contributed by atoms with Gasteiger partial charge in [0.05, 0.1) is 11.0 Å². The van der Waals surface area contributed by atoms with E-state index in [1.807, 2.05) is 0 Å². The van der Waals surface area contributed by atoms with Crippen LogP contribution in [0, 0.1) is 3.57 Å². The summed E-state index contributed by atoms with van der Waals surface area (Å²) in [5.41, 5.74) is 3.67. The Morgan fingerprint density at radius 1 is 1.25 bits per heavy atom. The van der Waals surface area contributed by atoms with Crippen LogP contribution in [0.25, 0.3) is 11.0 Å². The molecule has 0 saturated carbocycles. The first-order valence-electron chi connectivity index (χ1n) is 6.49. The molecule has 1 aromatic carbocycles. The van der Waals surface area contributed by atoms with Gasteiger partial charge in [-0.15, -0.1) is 11.6 Å². The number of halogens is 2. The maximum atomic E-state index is 5.91. The average Bonchev–Trinajstić information content (AvgIpc) is 3.04. The van der Waals surface area contributed by atoms with Crippen molar-refractivity contribution in [2.75, 3.05) is 5.88 Å². The SMILES string of the molecule is ClCCc1nc2cc(I)ccc2n1CCc1ccsc1. The Morgan fingerprint density at radius 3 is 2.90 bits per heavy atom. The first-order valence-corrected chi connectivity index (χ1v) is 9.05. The van der Waals surface area contributed by atoms with Gasteiger partial charge in [-0.1, -0.05) is 0 Å². The summed E-state index contributed by atoms with van der Waals surface area (Å²) in [7, 11) is 0. The van der Waals surface area contributed by atoms with E-state index in [2.05, 4.69) is 62.2 Å². The third-order valence-electron chi connectivity index (χ3n) is 3.31. The number of hydrogen-bond donors (Lipinski definition) is 0. The molecular weight excluding hydrogens is 403 g/mol. The van der Waals surface area contributed by atoms with Crippen molar-refractivity contribution in [3.63, 3.8) is 0 Å². The highest BCUT2D eigenvalue weighted by molar-refractivity contribution is 14.1. The fourth-order valence-corrected chi connectivity index (χ4v) is 3.70. The van der Waals surface area contributed by atoms with Crippen molar-refractivity contribution in [2.45, 2.75) is 19.4 Å². The fourth-order valence-electron chi connectivity index (χ4n) is 2.35. The van der Waals surface area contributed by atoms with Gasteiger partial charge in [-0.25, -0.2) is 4.98 Å². The molecule has 2 aromatic heterocycles. The van der Waals surface area contributed by atoms with E-state index in [-0.39, 0.29) is 0 Å². The third-order valence-corrected chi connectivity index (χ3v) is 4.90. The summed E-state index contributed by atoms with van der Waals surface area (Å²) in [5, 5.41) is 4.34. The van der Waals surface area contributed by atoms with Crippen LogP contribution in [-0.4, -0.2) is 15.4 Å². The minimum atomic E-state index is 0.610. The first-order chi connectivity index (χ1) is 9.78. The zero-order valence-electron chi connectivity index (χ0n) is 10.9. The van der Waals surface area contributed by atoms with Crippen molar-refractivity contribution >= 4 is 56.6 Å². The molecule has 0 atom stereocenters. The zero-order valence-corrected chi connectivity index (χ0v) is 14.6. The molecule has 3 aromatic rings. The highest BCUT2D eigenvalue weighted by atomic mass is 127. The van der Waals surface area contributed by atoms with Crippen LogP contribution in [0.3, 0.4) is 0 Å². The molecule has 104 valence electrons. The second kappa shape index (κ2) is 6.45. The van der Waals surface area contributed by atoms with Crippen LogP contribution < -0.4 is 0 Å². The summed E-state index contributed by atoms with van der Waals surface area (Å²) in [6, 6.07) is 8.62. The molecule has 3 rings (SSSR count). The lowest BCUT2D eigenvalue weighted by molar-refractivity contribution is 0.676. The minimum absolute atomic E-state index is 0.610. The van der Waals surface area contributed by atoms with Gasteiger partial charge in [0.25, 0.3) is 0 Å². The maximum Gasteiger partial charge on any atom is 0.111 e. The Bertz CT molecular complexity index is 706. The summed E-state index contributed by atoms with van der Waals surface area (Å²) in [6.07, 6.45) is 1.85. The van der Waals surface area contributed by atoms with E-state index in [1.165, 1.54) is 14.7 Å². The number of thiophene rings is 1. The summed E-state index contributed by atoms with van der Waals surface area (Å²) in [4.78, 5) is 4.74. The van der Waals surface area contributed by atoms with Gasteiger partial charge in [-0.3, -0.25) is 0 Å². The van der Waals surface area contributed by atoms with Crippen molar-refractivity contribution in [3.8, 4) is 0 Å². The number of imidazole rings is 1. The number of aryl methyl sites for hydroxylation is 3. The molecule has 0 fully saturated rings. The molecule has 0 radical (unpaired) electrons. The van der Waals surface area contributed by atoms with Gasteiger partial charge in [0.1, 0.15) is 5.82 Å². The van der Waals surface area contributed by atoms with Crippen molar-refractivity contribution in [2.24, 2.45) is 0 Å². The number of nitrogens with zero attached hydrogens (tertiary/aromatic N) is 2. The average molecular weight is 417 g/mol. The molecule has 5 heteroatoms. The van der Waals surface area contributed by atoms with Crippen LogP contribution in [0.5, 0.6) is 0 Å². The van der Waals surface area contributed by atoms with E-state index >= 15 is 0 Å². The van der Waals surface area contributed by atoms with Crippen LogP contribution in [0.15, 0.2) is 35.0 Å². The number of fused-ring (bicyclic) bond motifs is 1. The summed E-state index contributed by atoms with van der Waals surface area (Å²) in [6.45, 7) is 0.958. The number of hydrogen-bond acceptors (Lipinski definition) is 2. The third kappa shape index (κ3) is 3.02. The number of aromatic nitrogens is 2. The lowest BCUT2D eigenvalue weighted by Gasteiger charge is -2.07. The molecule has 0 aliphatic heterocycles. The topological polar surface area (TPSA) is 17.8 Å². The lowest BCUT2D eigenvalue weighted by atomic mass is 10.2. The van der Waals surface area contributed by atoms with Crippen molar-refractivity contribution in [1.29, 1.82) is 0 Å². The normalized spacial score (nSPS) is 11.3. The second-order valence-corrected chi connectivity index (χ2v) is 7.04. The van der Waals surface area contributed by atoms with Gasteiger partial charge in [0.2, 0.25) is 0 Å². The molecule has 0 aliphatic carbocycles. The molecule has 0 saturated heterocycles. The number of benzene rings is 1. The van der Waals surface area contributed by atoms with E-state index in [4.69, 9.17) is 16.6 Å². The predicted molar refractivity (Wildman–Crippen MR) is 94.9 cm³/mol. The molecule has 0 amide bonds. The molecule has 0 unspecified atom stereocenters. The van der Waals surface area contributed by atoms with E-state index in [0.717, 1.165) is 30.7 Å². The minimum Gasteiger partial charge on any atom is -0.328 e. The molecule has 0 bridgehead atoms. The Labute approximate surface area is 140 Å². The lowest BCUT2D eigenvalue weighted by Crippen LogP contribution is -2.06. The van der Waals surface area contributed by atoms with E-state index in [0.29, 0.717) is 5.88 Å². The Hall–Kier alpha value is -0.590. The Kier molecular flexibility index (Phi) is 4.63. The number of rotatable bonds is 5. The number of alkyl halides is 1. The van der Waals surface area contributed by atoms with Gasteiger partial charge in [-0.05, 0) is 69.6 Å². The molecule has 2 heterocycles. The quantitative estimate of drug-likeness (QED) is 0.434. The first kappa shape index (κ1) is 14.4. The van der Waals surface area contributed by atoms with Gasteiger partial charge >= 0.3 is 0 Å².